The molecule has 0 aliphatic carbocycles. The molecule has 8 heteroatoms. The van der Waals surface area contributed by atoms with Gasteiger partial charge in [0, 0.05) is 17.8 Å². The molecule has 0 N–H and O–H groups in total. The maximum atomic E-state index is 13.1. The van der Waals surface area contributed by atoms with Crippen LogP contribution in [0.1, 0.15) is 60.5 Å². The molecule has 2 aromatic rings. The molecule has 2 aromatic heterocycles. The van der Waals surface area contributed by atoms with Crippen LogP contribution in [0.3, 0.4) is 0 Å². The van der Waals surface area contributed by atoms with Crippen LogP contribution in [-0.4, -0.2) is 41.3 Å². The quantitative estimate of drug-likeness (QED) is 0.660. The molecular formula is C21H25ClN2O4S. The molecule has 0 radical (unpaired) electrons. The second kappa shape index (κ2) is 7.87. The Labute approximate surface area is 179 Å². The summed E-state index contributed by atoms with van der Waals surface area (Å²) in [6.45, 7) is 9.21. The number of hydrogen-bond acceptors (Lipinski definition) is 6. The lowest BCUT2D eigenvalue weighted by molar-refractivity contribution is -0.0413. The van der Waals surface area contributed by atoms with Gasteiger partial charge in [-0.3, -0.25) is 9.88 Å². The van der Waals surface area contributed by atoms with Crippen LogP contribution < -0.4 is 0 Å². The molecule has 2 aliphatic heterocycles. The lowest BCUT2D eigenvalue weighted by Gasteiger charge is -2.37. The Hall–Kier alpha value is -1.67. The van der Waals surface area contributed by atoms with E-state index >= 15 is 0 Å². The number of thiophene rings is 1. The van der Waals surface area contributed by atoms with Gasteiger partial charge in [0.05, 0.1) is 28.1 Å². The average molecular weight is 437 g/mol. The Morgan fingerprint density at radius 2 is 2.03 bits per heavy atom. The van der Waals surface area contributed by atoms with Crippen LogP contribution in [0.2, 0.25) is 4.34 Å². The summed E-state index contributed by atoms with van der Waals surface area (Å²) in [4.78, 5) is 20.5. The van der Waals surface area contributed by atoms with Gasteiger partial charge in [-0.05, 0) is 51.8 Å². The van der Waals surface area contributed by atoms with Crippen molar-refractivity contribution in [2.45, 2.75) is 52.0 Å². The predicted molar refractivity (Wildman–Crippen MR) is 111 cm³/mol. The lowest BCUT2D eigenvalue weighted by Crippen LogP contribution is -2.43. The van der Waals surface area contributed by atoms with Crippen LogP contribution in [-0.2, 0) is 20.6 Å². The third-order valence-corrected chi connectivity index (χ3v) is 6.26. The Bertz CT molecular complexity index is 918. The SMILES string of the molecule is Cc1ccc2c(n1)C(c1cc(C3OCCO3)sc1Cl)N(C(=O)OC(C)(C)C)CC2. The summed E-state index contributed by atoms with van der Waals surface area (Å²) < 4.78 is 17.6. The number of aromatic nitrogens is 1. The monoisotopic (exact) mass is 436 g/mol. The first-order valence-electron chi connectivity index (χ1n) is 9.71. The summed E-state index contributed by atoms with van der Waals surface area (Å²) in [5, 5.41) is 0. The summed E-state index contributed by atoms with van der Waals surface area (Å²) in [7, 11) is 0. The zero-order chi connectivity index (χ0) is 20.8. The molecule has 1 amide bonds. The number of pyridine rings is 1. The third kappa shape index (κ3) is 4.28. The van der Waals surface area contributed by atoms with E-state index in [1.165, 1.54) is 11.3 Å². The molecule has 6 nitrogen and oxygen atoms in total. The molecule has 1 atom stereocenters. The first-order valence-corrected chi connectivity index (χ1v) is 10.9. The lowest BCUT2D eigenvalue weighted by atomic mass is 9.93. The Morgan fingerprint density at radius 3 is 2.72 bits per heavy atom. The van der Waals surface area contributed by atoms with Crippen LogP contribution >= 0.6 is 22.9 Å². The largest absolute Gasteiger partial charge is 0.444 e. The molecule has 0 bridgehead atoms. The van der Waals surface area contributed by atoms with Gasteiger partial charge in [-0.1, -0.05) is 17.7 Å². The number of rotatable bonds is 2. The number of carbonyl (C=O) groups is 1. The van der Waals surface area contributed by atoms with Gasteiger partial charge < -0.3 is 14.2 Å². The van der Waals surface area contributed by atoms with Crippen molar-refractivity contribution in [3.63, 3.8) is 0 Å². The summed E-state index contributed by atoms with van der Waals surface area (Å²) >= 11 is 8.09. The molecule has 2 aliphatic rings. The predicted octanol–water partition coefficient (Wildman–Crippen LogP) is 5.03. The second-order valence-electron chi connectivity index (χ2n) is 8.27. The molecule has 0 spiro atoms. The van der Waals surface area contributed by atoms with Gasteiger partial charge in [0.1, 0.15) is 11.6 Å². The highest BCUT2D eigenvalue weighted by atomic mass is 35.5. The first kappa shape index (κ1) is 20.6. The Morgan fingerprint density at radius 1 is 1.31 bits per heavy atom. The Balaban J connectivity index is 1.77. The maximum absolute atomic E-state index is 13.1. The fourth-order valence-electron chi connectivity index (χ4n) is 3.63. The van der Waals surface area contributed by atoms with Gasteiger partial charge in [0.2, 0.25) is 0 Å². The van der Waals surface area contributed by atoms with Crippen LogP contribution in [0.15, 0.2) is 18.2 Å². The van der Waals surface area contributed by atoms with E-state index in [0.29, 0.717) is 24.1 Å². The molecule has 1 unspecified atom stereocenters. The van der Waals surface area contributed by atoms with Gasteiger partial charge in [-0.2, -0.15) is 0 Å². The summed E-state index contributed by atoms with van der Waals surface area (Å²) in [6, 6.07) is 5.65. The van der Waals surface area contributed by atoms with Gasteiger partial charge in [-0.15, -0.1) is 11.3 Å². The van der Waals surface area contributed by atoms with Crippen molar-refractivity contribution in [3.8, 4) is 0 Å². The van der Waals surface area contributed by atoms with E-state index in [0.717, 1.165) is 33.8 Å². The number of fused-ring (bicyclic) bond motifs is 1. The minimum absolute atomic E-state index is 0.367. The van der Waals surface area contributed by atoms with Gasteiger partial charge >= 0.3 is 6.09 Å². The number of ether oxygens (including phenoxy) is 3. The molecule has 0 aromatic carbocycles. The average Bonchev–Trinajstić information content (AvgIpc) is 3.28. The fraction of sp³-hybridized carbons (Fsp3) is 0.524. The van der Waals surface area contributed by atoms with E-state index in [-0.39, 0.29) is 6.09 Å². The number of aryl methyl sites for hydroxylation is 1. The van der Waals surface area contributed by atoms with E-state index < -0.39 is 17.9 Å². The van der Waals surface area contributed by atoms with Crippen molar-refractivity contribution in [2.75, 3.05) is 19.8 Å². The molecule has 1 fully saturated rings. The number of carbonyl (C=O) groups excluding carboxylic acids is 1. The second-order valence-corrected chi connectivity index (χ2v) is 9.96. The highest BCUT2D eigenvalue weighted by molar-refractivity contribution is 7.16. The normalized spacial score (nSPS) is 20.0. The minimum Gasteiger partial charge on any atom is -0.444 e. The van der Waals surface area contributed by atoms with E-state index in [2.05, 4.69) is 6.07 Å². The molecule has 156 valence electrons. The van der Waals surface area contributed by atoms with Gasteiger partial charge in [0.25, 0.3) is 0 Å². The number of amides is 1. The van der Waals surface area contributed by atoms with Gasteiger partial charge in [-0.25, -0.2) is 4.79 Å². The van der Waals surface area contributed by atoms with Gasteiger partial charge in [0.15, 0.2) is 6.29 Å². The smallest absolute Gasteiger partial charge is 0.411 e. The third-order valence-electron chi connectivity index (χ3n) is 4.85. The van der Waals surface area contributed by atoms with Crippen LogP contribution in [0, 0.1) is 6.92 Å². The van der Waals surface area contributed by atoms with E-state index in [4.69, 9.17) is 30.8 Å². The number of nitrogens with zero attached hydrogens (tertiary/aromatic N) is 2. The van der Waals surface area contributed by atoms with Crippen molar-refractivity contribution < 1.29 is 19.0 Å². The fourth-order valence-corrected chi connectivity index (χ4v) is 4.97. The molecular weight excluding hydrogens is 412 g/mol. The van der Waals surface area contributed by atoms with Crippen LogP contribution in [0.4, 0.5) is 4.79 Å². The van der Waals surface area contributed by atoms with E-state index in [1.54, 1.807) is 4.90 Å². The minimum atomic E-state index is -0.586. The van der Waals surface area contributed by atoms with Crippen molar-refractivity contribution in [3.05, 3.63) is 49.9 Å². The number of hydrogen-bond donors (Lipinski definition) is 0. The molecule has 4 rings (SSSR count). The zero-order valence-corrected chi connectivity index (χ0v) is 18.6. The van der Waals surface area contributed by atoms with E-state index in [1.807, 2.05) is 39.8 Å². The first-order chi connectivity index (χ1) is 13.7. The molecule has 29 heavy (non-hydrogen) atoms. The highest BCUT2D eigenvalue weighted by Crippen LogP contribution is 2.44. The van der Waals surface area contributed by atoms with Crippen molar-refractivity contribution in [1.29, 1.82) is 0 Å². The van der Waals surface area contributed by atoms with Crippen molar-refractivity contribution in [1.82, 2.24) is 9.88 Å². The van der Waals surface area contributed by atoms with Crippen molar-refractivity contribution >= 4 is 29.0 Å². The Kier molecular flexibility index (Phi) is 5.59. The zero-order valence-electron chi connectivity index (χ0n) is 17.0. The standard InChI is InChI=1S/C21H25ClN2O4S/c1-12-5-6-13-7-8-24(20(25)28-21(2,3)4)17(16(13)23-12)14-11-15(29-18(14)22)19-26-9-10-27-19/h5-6,11,17,19H,7-10H2,1-4H3. The molecule has 1 saturated heterocycles. The number of halogens is 1. The highest BCUT2D eigenvalue weighted by Gasteiger charge is 2.38. The topological polar surface area (TPSA) is 60.9 Å². The van der Waals surface area contributed by atoms with Crippen LogP contribution in [0.25, 0.3) is 0 Å². The molecule has 0 saturated carbocycles. The summed E-state index contributed by atoms with van der Waals surface area (Å²) in [5.41, 5.74) is 3.11. The summed E-state index contributed by atoms with van der Waals surface area (Å²) in [6.07, 6.45) is -0.0506. The van der Waals surface area contributed by atoms with E-state index in [9.17, 15) is 4.79 Å². The molecule has 4 heterocycles. The van der Waals surface area contributed by atoms with Crippen molar-refractivity contribution in [2.24, 2.45) is 0 Å². The van der Waals surface area contributed by atoms with Crippen LogP contribution in [0.5, 0.6) is 0 Å². The maximum Gasteiger partial charge on any atom is 0.411 e. The summed E-state index contributed by atoms with van der Waals surface area (Å²) in [5.74, 6) is 0.